The first-order valence-corrected chi connectivity index (χ1v) is 6.49. The van der Waals surface area contributed by atoms with Gasteiger partial charge in [-0.2, -0.15) is 0 Å². The summed E-state index contributed by atoms with van der Waals surface area (Å²) in [6, 6.07) is 9.95. The maximum atomic E-state index is 9.13. The molecule has 3 nitrogen and oxygen atoms in total. The van der Waals surface area contributed by atoms with Gasteiger partial charge >= 0.3 is 0 Å². The van der Waals surface area contributed by atoms with Gasteiger partial charge in [0.1, 0.15) is 0 Å². The number of aliphatic hydroxyl groups is 1. The van der Waals surface area contributed by atoms with E-state index in [4.69, 9.17) is 5.11 Å². The molecule has 0 saturated carbocycles. The van der Waals surface area contributed by atoms with Gasteiger partial charge in [-0.25, -0.2) is 0 Å². The van der Waals surface area contributed by atoms with Crippen molar-refractivity contribution in [1.29, 1.82) is 0 Å². The molecular weight excluding hydrogens is 292 g/mol. The fraction of sp³-hybridized carbons (Fsp3) is 0.214. The summed E-state index contributed by atoms with van der Waals surface area (Å²) in [7, 11) is 2.04. The Bertz CT molecular complexity index is 516. The molecule has 0 spiro atoms. The fourth-order valence-electron chi connectivity index (χ4n) is 1.76. The van der Waals surface area contributed by atoms with E-state index in [1.54, 1.807) is 6.20 Å². The molecule has 0 amide bonds. The van der Waals surface area contributed by atoms with Gasteiger partial charge in [0.05, 0.1) is 6.61 Å². The lowest BCUT2D eigenvalue weighted by molar-refractivity contribution is 0.281. The van der Waals surface area contributed by atoms with Crippen molar-refractivity contribution in [2.24, 2.45) is 0 Å². The van der Waals surface area contributed by atoms with E-state index in [2.05, 4.69) is 31.9 Å². The summed E-state index contributed by atoms with van der Waals surface area (Å²) >= 11 is 3.46. The SMILES string of the molecule is CN(Cc1cccnc1)c1ccc(CO)c(Br)c1. The topological polar surface area (TPSA) is 36.4 Å². The van der Waals surface area contributed by atoms with Crippen LogP contribution in [0.2, 0.25) is 0 Å². The minimum Gasteiger partial charge on any atom is -0.392 e. The molecule has 1 aromatic heterocycles. The van der Waals surface area contributed by atoms with Crippen LogP contribution in [0.1, 0.15) is 11.1 Å². The van der Waals surface area contributed by atoms with Crippen molar-refractivity contribution < 1.29 is 5.11 Å². The highest BCUT2D eigenvalue weighted by molar-refractivity contribution is 9.10. The quantitative estimate of drug-likeness (QED) is 0.943. The normalized spacial score (nSPS) is 10.4. The average molecular weight is 307 g/mol. The molecule has 0 aliphatic heterocycles. The minimum atomic E-state index is 0.0488. The molecule has 0 radical (unpaired) electrons. The van der Waals surface area contributed by atoms with Gasteiger partial charge < -0.3 is 10.0 Å². The summed E-state index contributed by atoms with van der Waals surface area (Å²) in [5.41, 5.74) is 3.17. The van der Waals surface area contributed by atoms with Crippen molar-refractivity contribution in [3.05, 3.63) is 58.3 Å². The summed E-state index contributed by atoms with van der Waals surface area (Å²) in [4.78, 5) is 6.25. The van der Waals surface area contributed by atoms with E-state index in [9.17, 15) is 0 Å². The third-order valence-electron chi connectivity index (χ3n) is 2.79. The fourth-order valence-corrected chi connectivity index (χ4v) is 2.25. The first kappa shape index (κ1) is 13.1. The number of rotatable bonds is 4. The largest absolute Gasteiger partial charge is 0.392 e. The molecule has 18 heavy (non-hydrogen) atoms. The standard InChI is InChI=1S/C14H15BrN2O/c1-17(9-11-3-2-6-16-8-11)13-5-4-12(10-18)14(15)7-13/h2-8,18H,9-10H2,1H3. The van der Waals surface area contributed by atoms with Crippen LogP contribution in [0.15, 0.2) is 47.2 Å². The Hall–Kier alpha value is -1.39. The number of hydrogen-bond acceptors (Lipinski definition) is 3. The summed E-state index contributed by atoms with van der Waals surface area (Å²) in [6.45, 7) is 0.853. The number of halogens is 1. The maximum Gasteiger partial charge on any atom is 0.0692 e. The number of aromatic nitrogens is 1. The lowest BCUT2D eigenvalue weighted by atomic mass is 10.2. The molecule has 0 bridgehead atoms. The predicted molar refractivity (Wildman–Crippen MR) is 76.4 cm³/mol. The molecule has 0 atom stereocenters. The summed E-state index contributed by atoms with van der Waals surface area (Å²) in [5, 5.41) is 9.13. The molecule has 2 aromatic rings. The van der Waals surface area contributed by atoms with Gasteiger partial charge in [-0.3, -0.25) is 4.98 Å². The Balaban J connectivity index is 2.14. The van der Waals surface area contributed by atoms with E-state index in [0.29, 0.717) is 0 Å². The van der Waals surface area contributed by atoms with E-state index in [-0.39, 0.29) is 6.61 Å². The molecule has 0 unspecified atom stereocenters. The highest BCUT2D eigenvalue weighted by Gasteiger charge is 2.05. The molecule has 0 saturated heterocycles. The molecular formula is C14H15BrN2O. The Morgan fingerprint density at radius 3 is 2.78 bits per heavy atom. The highest BCUT2D eigenvalue weighted by atomic mass is 79.9. The zero-order chi connectivity index (χ0) is 13.0. The van der Waals surface area contributed by atoms with Crippen LogP contribution in [-0.2, 0) is 13.2 Å². The smallest absolute Gasteiger partial charge is 0.0692 e. The van der Waals surface area contributed by atoms with Crippen LogP contribution in [-0.4, -0.2) is 17.1 Å². The van der Waals surface area contributed by atoms with E-state index >= 15 is 0 Å². The lowest BCUT2D eigenvalue weighted by Crippen LogP contribution is -2.16. The molecule has 0 aliphatic rings. The van der Waals surface area contributed by atoms with Crippen molar-refractivity contribution >= 4 is 21.6 Å². The van der Waals surface area contributed by atoms with E-state index in [0.717, 1.165) is 22.3 Å². The summed E-state index contributed by atoms with van der Waals surface area (Å²) in [6.07, 6.45) is 3.64. The number of hydrogen-bond donors (Lipinski definition) is 1. The van der Waals surface area contributed by atoms with Crippen LogP contribution in [0.4, 0.5) is 5.69 Å². The Kier molecular flexibility index (Phi) is 4.33. The molecule has 4 heteroatoms. The summed E-state index contributed by atoms with van der Waals surface area (Å²) < 4.78 is 0.931. The van der Waals surface area contributed by atoms with E-state index in [1.807, 2.05) is 37.5 Å². The Morgan fingerprint density at radius 1 is 1.33 bits per heavy atom. The third kappa shape index (κ3) is 3.09. The monoisotopic (exact) mass is 306 g/mol. The van der Waals surface area contributed by atoms with Crippen LogP contribution >= 0.6 is 15.9 Å². The van der Waals surface area contributed by atoms with Crippen molar-refractivity contribution in [2.45, 2.75) is 13.2 Å². The van der Waals surface area contributed by atoms with Crippen LogP contribution in [0, 0.1) is 0 Å². The second kappa shape index (κ2) is 5.98. The third-order valence-corrected chi connectivity index (χ3v) is 3.53. The number of anilines is 1. The van der Waals surface area contributed by atoms with Gasteiger partial charge in [0, 0.05) is 36.1 Å². The number of benzene rings is 1. The molecule has 1 aromatic carbocycles. The first-order chi connectivity index (χ1) is 8.70. The number of nitrogens with zero attached hydrogens (tertiary/aromatic N) is 2. The minimum absolute atomic E-state index is 0.0488. The second-order valence-electron chi connectivity index (χ2n) is 4.15. The lowest BCUT2D eigenvalue weighted by Gasteiger charge is -2.20. The maximum absolute atomic E-state index is 9.13. The number of aliphatic hydroxyl groups excluding tert-OH is 1. The van der Waals surface area contributed by atoms with Gasteiger partial charge in [-0.1, -0.05) is 28.1 Å². The molecule has 2 rings (SSSR count). The van der Waals surface area contributed by atoms with Gasteiger partial charge in [0.2, 0.25) is 0 Å². The predicted octanol–water partition coefficient (Wildman–Crippen LogP) is 2.97. The zero-order valence-corrected chi connectivity index (χ0v) is 11.8. The first-order valence-electron chi connectivity index (χ1n) is 5.70. The summed E-state index contributed by atoms with van der Waals surface area (Å²) in [5.74, 6) is 0. The second-order valence-corrected chi connectivity index (χ2v) is 5.01. The molecule has 0 aliphatic carbocycles. The average Bonchev–Trinajstić information content (AvgIpc) is 2.39. The van der Waals surface area contributed by atoms with Crippen LogP contribution in [0.25, 0.3) is 0 Å². The van der Waals surface area contributed by atoms with Crippen molar-refractivity contribution in [1.82, 2.24) is 4.98 Å². The van der Waals surface area contributed by atoms with E-state index in [1.165, 1.54) is 5.56 Å². The van der Waals surface area contributed by atoms with Gasteiger partial charge in [-0.15, -0.1) is 0 Å². The molecule has 0 fully saturated rings. The highest BCUT2D eigenvalue weighted by Crippen LogP contribution is 2.24. The van der Waals surface area contributed by atoms with Gasteiger partial charge in [-0.05, 0) is 29.3 Å². The molecule has 94 valence electrons. The van der Waals surface area contributed by atoms with Crippen LogP contribution in [0.5, 0.6) is 0 Å². The van der Waals surface area contributed by atoms with Gasteiger partial charge in [0.25, 0.3) is 0 Å². The molecule has 1 heterocycles. The van der Waals surface area contributed by atoms with Crippen LogP contribution < -0.4 is 4.90 Å². The van der Waals surface area contributed by atoms with Crippen molar-refractivity contribution in [3.8, 4) is 0 Å². The van der Waals surface area contributed by atoms with E-state index < -0.39 is 0 Å². The zero-order valence-electron chi connectivity index (χ0n) is 10.2. The Morgan fingerprint density at radius 2 is 2.17 bits per heavy atom. The van der Waals surface area contributed by atoms with Crippen LogP contribution in [0.3, 0.4) is 0 Å². The Labute approximate surface area is 115 Å². The van der Waals surface area contributed by atoms with Crippen molar-refractivity contribution in [3.63, 3.8) is 0 Å². The molecule has 1 N–H and O–H groups in total. The van der Waals surface area contributed by atoms with Gasteiger partial charge in [0.15, 0.2) is 0 Å². The van der Waals surface area contributed by atoms with Crippen molar-refractivity contribution in [2.75, 3.05) is 11.9 Å². The number of pyridine rings is 1.